The van der Waals surface area contributed by atoms with E-state index in [-0.39, 0.29) is 35.6 Å². The third-order valence-corrected chi connectivity index (χ3v) is 5.12. The van der Waals surface area contributed by atoms with Crippen molar-refractivity contribution in [2.75, 3.05) is 19.7 Å². The zero-order chi connectivity index (χ0) is 20.8. The Bertz CT molecular complexity index is 865. The Hall–Kier alpha value is -2.48. The van der Waals surface area contributed by atoms with Gasteiger partial charge in [-0.3, -0.25) is 9.59 Å². The number of carbonyl (C=O) groups excluding carboxylic acids is 2. The van der Waals surface area contributed by atoms with Crippen molar-refractivity contribution < 1.29 is 23.2 Å². The average molecular weight is 424 g/mol. The fraction of sp³-hybridized carbons (Fsp3) is 0.500. The van der Waals surface area contributed by atoms with E-state index >= 15 is 0 Å². The van der Waals surface area contributed by atoms with Crippen molar-refractivity contribution in [2.45, 2.75) is 44.9 Å². The van der Waals surface area contributed by atoms with Crippen LogP contribution in [-0.4, -0.2) is 46.6 Å². The molecule has 2 aromatic rings. The summed E-state index contributed by atoms with van der Waals surface area (Å²) >= 11 is 5.77. The van der Waals surface area contributed by atoms with Crippen LogP contribution >= 0.6 is 11.6 Å². The van der Waals surface area contributed by atoms with Gasteiger partial charge in [0, 0.05) is 36.9 Å². The Kier molecular flexibility index (Phi) is 7.19. The first-order valence-corrected chi connectivity index (χ1v) is 10.1. The van der Waals surface area contributed by atoms with Crippen LogP contribution in [0, 0.1) is 5.82 Å². The lowest BCUT2D eigenvalue weighted by Gasteiger charge is -2.30. The molecule has 1 aromatic carbocycles. The van der Waals surface area contributed by atoms with Gasteiger partial charge in [0.2, 0.25) is 17.6 Å². The quantitative estimate of drug-likeness (QED) is 0.626. The number of ether oxygens (including phenoxy) is 1. The number of hydrogen-bond donors (Lipinski definition) is 0. The molecule has 1 fully saturated rings. The smallest absolute Gasteiger partial charge is 0.305 e. The van der Waals surface area contributed by atoms with Gasteiger partial charge in [-0.2, -0.15) is 4.98 Å². The van der Waals surface area contributed by atoms with Crippen molar-refractivity contribution >= 4 is 23.5 Å². The van der Waals surface area contributed by atoms with E-state index in [0.717, 1.165) is 0 Å². The van der Waals surface area contributed by atoms with Crippen LogP contribution in [0.3, 0.4) is 0 Å². The fourth-order valence-corrected chi connectivity index (χ4v) is 3.49. The molecule has 0 saturated carbocycles. The lowest BCUT2D eigenvalue weighted by atomic mass is 9.96. The highest BCUT2D eigenvalue weighted by Gasteiger charge is 2.28. The number of halogens is 2. The summed E-state index contributed by atoms with van der Waals surface area (Å²) in [4.78, 5) is 29.8. The van der Waals surface area contributed by atoms with Crippen molar-refractivity contribution in [3.8, 4) is 11.4 Å². The van der Waals surface area contributed by atoms with Crippen LogP contribution < -0.4 is 0 Å². The van der Waals surface area contributed by atoms with Gasteiger partial charge < -0.3 is 14.2 Å². The molecule has 0 aliphatic carbocycles. The molecule has 3 rings (SSSR count). The first kappa shape index (κ1) is 21.2. The monoisotopic (exact) mass is 423 g/mol. The summed E-state index contributed by atoms with van der Waals surface area (Å²) < 4.78 is 24.2. The van der Waals surface area contributed by atoms with Gasteiger partial charge in [0.25, 0.3) is 0 Å². The fourth-order valence-electron chi connectivity index (χ4n) is 3.33. The SMILES string of the molecule is CCOC(=O)CCCC(=O)N1CCC(c2nc(-c3ccc(Cl)cc3F)no2)CC1. The topological polar surface area (TPSA) is 85.5 Å². The second kappa shape index (κ2) is 9.82. The average Bonchev–Trinajstić information content (AvgIpc) is 3.18. The molecule has 9 heteroatoms. The van der Waals surface area contributed by atoms with E-state index in [2.05, 4.69) is 10.1 Å². The maximum absolute atomic E-state index is 14.0. The van der Waals surface area contributed by atoms with Crippen LogP contribution in [0.2, 0.25) is 5.02 Å². The molecule has 1 aromatic heterocycles. The van der Waals surface area contributed by atoms with E-state index in [1.165, 1.54) is 12.1 Å². The second-order valence-corrected chi connectivity index (χ2v) is 7.33. The van der Waals surface area contributed by atoms with Crippen LogP contribution in [0.1, 0.15) is 50.8 Å². The Morgan fingerprint density at radius 2 is 2.07 bits per heavy atom. The maximum atomic E-state index is 14.0. The molecule has 1 saturated heterocycles. The minimum Gasteiger partial charge on any atom is -0.466 e. The predicted octanol–water partition coefficient (Wildman–Crippen LogP) is 3.97. The molecule has 7 nitrogen and oxygen atoms in total. The van der Waals surface area contributed by atoms with E-state index < -0.39 is 5.82 Å². The summed E-state index contributed by atoms with van der Waals surface area (Å²) in [5.74, 6) is -0.0933. The number of likely N-dealkylation sites (tertiary alicyclic amines) is 1. The third kappa shape index (κ3) is 5.53. The van der Waals surface area contributed by atoms with Crippen LogP contribution in [0.15, 0.2) is 22.7 Å². The Labute approximate surface area is 173 Å². The number of rotatable bonds is 7. The molecule has 0 N–H and O–H groups in total. The number of aromatic nitrogens is 2. The van der Waals surface area contributed by atoms with Crippen molar-refractivity contribution in [2.24, 2.45) is 0 Å². The van der Waals surface area contributed by atoms with E-state index in [0.29, 0.717) is 56.3 Å². The van der Waals surface area contributed by atoms with E-state index in [4.69, 9.17) is 20.9 Å². The van der Waals surface area contributed by atoms with Crippen molar-refractivity contribution in [3.63, 3.8) is 0 Å². The summed E-state index contributed by atoms with van der Waals surface area (Å²) in [5, 5.41) is 4.19. The molecule has 1 aliphatic heterocycles. The normalized spacial score (nSPS) is 14.8. The number of benzene rings is 1. The van der Waals surface area contributed by atoms with Gasteiger partial charge in [0.1, 0.15) is 5.82 Å². The summed E-state index contributed by atoms with van der Waals surface area (Å²) in [6.45, 7) is 3.26. The Morgan fingerprint density at radius 3 is 2.76 bits per heavy atom. The number of hydrogen-bond acceptors (Lipinski definition) is 6. The molecule has 0 atom stereocenters. The van der Waals surface area contributed by atoms with Gasteiger partial charge >= 0.3 is 5.97 Å². The van der Waals surface area contributed by atoms with Crippen LogP contribution in [-0.2, 0) is 14.3 Å². The number of carbonyl (C=O) groups is 2. The second-order valence-electron chi connectivity index (χ2n) is 6.89. The third-order valence-electron chi connectivity index (χ3n) is 4.89. The molecule has 0 unspecified atom stereocenters. The summed E-state index contributed by atoms with van der Waals surface area (Å²) in [5.41, 5.74) is 0.235. The standard InChI is InChI=1S/C20H23ClFN3O4/c1-2-28-18(27)5-3-4-17(26)25-10-8-13(9-11-25)20-23-19(24-29-20)15-7-6-14(21)12-16(15)22/h6-7,12-13H,2-5,8-11H2,1H3. The molecule has 0 bridgehead atoms. The van der Waals surface area contributed by atoms with Crippen LogP contribution in [0.5, 0.6) is 0 Å². The lowest BCUT2D eigenvalue weighted by Crippen LogP contribution is -2.37. The molecule has 29 heavy (non-hydrogen) atoms. The lowest BCUT2D eigenvalue weighted by molar-refractivity contribution is -0.143. The predicted molar refractivity (Wildman–Crippen MR) is 104 cm³/mol. The largest absolute Gasteiger partial charge is 0.466 e. The maximum Gasteiger partial charge on any atom is 0.305 e. The number of amides is 1. The van der Waals surface area contributed by atoms with Crippen molar-refractivity contribution in [3.05, 3.63) is 34.9 Å². The molecule has 1 amide bonds. The van der Waals surface area contributed by atoms with Crippen LogP contribution in [0.4, 0.5) is 4.39 Å². The van der Waals surface area contributed by atoms with Gasteiger partial charge in [-0.05, 0) is 44.4 Å². The van der Waals surface area contributed by atoms with Gasteiger partial charge in [-0.15, -0.1) is 0 Å². The highest BCUT2D eigenvalue weighted by Crippen LogP contribution is 2.30. The van der Waals surface area contributed by atoms with Crippen molar-refractivity contribution in [1.29, 1.82) is 0 Å². The zero-order valence-corrected chi connectivity index (χ0v) is 17.0. The molecule has 156 valence electrons. The summed E-state index contributed by atoms with van der Waals surface area (Å²) in [6, 6.07) is 4.30. The van der Waals surface area contributed by atoms with E-state index in [9.17, 15) is 14.0 Å². The Balaban J connectivity index is 1.50. The van der Waals surface area contributed by atoms with Gasteiger partial charge in [-0.1, -0.05) is 16.8 Å². The molecular weight excluding hydrogens is 401 g/mol. The van der Waals surface area contributed by atoms with Gasteiger partial charge in [0.05, 0.1) is 12.2 Å². The molecule has 0 spiro atoms. The zero-order valence-electron chi connectivity index (χ0n) is 16.2. The first-order chi connectivity index (χ1) is 14.0. The minimum atomic E-state index is -0.506. The van der Waals surface area contributed by atoms with Crippen molar-refractivity contribution in [1.82, 2.24) is 15.0 Å². The number of nitrogens with zero attached hydrogens (tertiary/aromatic N) is 3. The van der Waals surface area contributed by atoms with E-state index in [1.807, 2.05) is 0 Å². The minimum absolute atomic E-state index is 0.0233. The molecule has 1 aliphatic rings. The highest BCUT2D eigenvalue weighted by molar-refractivity contribution is 6.30. The summed E-state index contributed by atoms with van der Waals surface area (Å²) in [7, 11) is 0. The van der Waals surface area contributed by atoms with Gasteiger partial charge in [-0.25, -0.2) is 4.39 Å². The van der Waals surface area contributed by atoms with Gasteiger partial charge in [0.15, 0.2) is 0 Å². The number of esters is 1. The highest BCUT2D eigenvalue weighted by atomic mass is 35.5. The Morgan fingerprint density at radius 1 is 1.31 bits per heavy atom. The molecular formula is C20H23ClFN3O4. The summed E-state index contributed by atoms with van der Waals surface area (Å²) in [6.07, 6.45) is 2.44. The van der Waals surface area contributed by atoms with Crippen LogP contribution in [0.25, 0.3) is 11.4 Å². The first-order valence-electron chi connectivity index (χ1n) is 9.70. The number of piperidine rings is 1. The molecule has 2 heterocycles. The molecule has 0 radical (unpaired) electrons. The van der Waals surface area contributed by atoms with E-state index in [1.54, 1.807) is 17.9 Å².